The maximum atomic E-state index is 12.8. The minimum Gasteiger partial charge on any atom is -0.496 e. The van der Waals surface area contributed by atoms with Crippen molar-refractivity contribution in [2.45, 2.75) is 18.9 Å². The molecule has 0 saturated carbocycles. The Labute approximate surface area is 217 Å². The number of carbonyl (C=O) groups excluding carboxylic acids is 1. The highest BCUT2D eigenvalue weighted by molar-refractivity contribution is 6.00. The zero-order chi connectivity index (χ0) is 25.6. The fourth-order valence-corrected chi connectivity index (χ4v) is 5.23. The first-order chi connectivity index (χ1) is 18.2. The van der Waals surface area contributed by atoms with Gasteiger partial charge in [0.1, 0.15) is 11.5 Å². The van der Waals surface area contributed by atoms with Crippen LogP contribution < -0.4 is 20.1 Å². The third-order valence-corrected chi connectivity index (χ3v) is 6.99. The molecule has 1 atom stereocenters. The van der Waals surface area contributed by atoms with E-state index in [1.165, 1.54) is 16.7 Å². The number of benzene rings is 3. The van der Waals surface area contributed by atoms with Crippen molar-refractivity contribution >= 4 is 22.6 Å². The number of pyridine rings is 1. The van der Waals surface area contributed by atoms with Gasteiger partial charge < -0.3 is 20.1 Å². The minimum absolute atomic E-state index is 0.102. The highest BCUT2D eigenvalue weighted by atomic mass is 16.5. The van der Waals surface area contributed by atoms with Crippen molar-refractivity contribution in [1.29, 1.82) is 0 Å². The molecule has 2 N–H and O–H groups in total. The quantitative estimate of drug-likeness (QED) is 0.350. The molecule has 5 rings (SSSR count). The number of aromatic nitrogens is 1. The van der Waals surface area contributed by atoms with Gasteiger partial charge in [0, 0.05) is 48.4 Å². The molecule has 3 aromatic carbocycles. The van der Waals surface area contributed by atoms with Crippen molar-refractivity contribution in [2.24, 2.45) is 0 Å². The van der Waals surface area contributed by atoms with Crippen molar-refractivity contribution in [1.82, 2.24) is 15.2 Å². The van der Waals surface area contributed by atoms with Crippen LogP contribution in [0.25, 0.3) is 10.9 Å². The van der Waals surface area contributed by atoms with Crippen LogP contribution >= 0.6 is 0 Å². The SMILES string of the molecule is COc1ccc(OC)c2c1CCN(CCNC(=O)Nc1ccnc3ccccc13)C2Cc1ccccc1. The number of rotatable bonds is 8. The van der Waals surface area contributed by atoms with Gasteiger partial charge in [-0.15, -0.1) is 0 Å². The topological polar surface area (TPSA) is 75.7 Å². The van der Waals surface area contributed by atoms with Crippen LogP contribution in [0.3, 0.4) is 0 Å². The number of fused-ring (bicyclic) bond motifs is 2. The lowest BCUT2D eigenvalue weighted by Crippen LogP contribution is -2.42. The van der Waals surface area contributed by atoms with Crippen molar-refractivity contribution < 1.29 is 14.3 Å². The number of urea groups is 1. The zero-order valence-corrected chi connectivity index (χ0v) is 21.2. The Morgan fingerprint density at radius 3 is 2.54 bits per heavy atom. The highest BCUT2D eigenvalue weighted by Crippen LogP contribution is 2.42. The van der Waals surface area contributed by atoms with Gasteiger partial charge in [-0.3, -0.25) is 9.88 Å². The van der Waals surface area contributed by atoms with Gasteiger partial charge >= 0.3 is 6.03 Å². The van der Waals surface area contributed by atoms with Gasteiger partial charge in [-0.25, -0.2) is 4.79 Å². The number of amides is 2. The van der Waals surface area contributed by atoms with Crippen LogP contribution in [-0.2, 0) is 12.8 Å². The van der Waals surface area contributed by atoms with E-state index in [-0.39, 0.29) is 12.1 Å². The Bertz CT molecular complexity index is 1370. The van der Waals surface area contributed by atoms with E-state index in [1.54, 1.807) is 20.4 Å². The number of hydrogen-bond donors (Lipinski definition) is 2. The molecule has 7 nitrogen and oxygen atoms in total. The number of nitrogens with zero attached hydrogens (tertiary/aromatic N) is 2. The molecule has 0 fully saturated rings. The van der Waals surface area contributed by atoms with Gasteiger partial charge in [0.15, 0.2) is 0 Å². The largest absolute Gasteiger partial charge is 0.496 e. The average molecular weight is 497 g/mol. The molecular weight excluding hydrogens is 464 g/mol. The Morgan fingerprint density at radius 2 is 1.73 bits per heavy atom. The van der Waals surface area contributed by atoms with Crippen LogP contribution in [0.15, 0.2) is 79.0 Å². The second kappa shape index (κ2) is 11.3. The third kappa shape index (κ3) is 5.37. The lowest BCUT2D eigenvalue weighted by molar-refractivity contribution is 0.178. The Balaban J connectivity index is 1.32. The van der Waals surface area contributed by atoms with Crippen molar-refractivity contribution in [3.8, 4) is 11.5 Å². The minimum atomic E-state index is -0.229. The summed E-state index contributed by atoms with van der Waals surface area (Å²) in [5, 5.41) is 6.93. The average Bonchev–Trinajstić information content (AvgIpc) is 2.94. The van der Waals surface area contributed by atoms with Crippen LogP contribution in [0.5, 0.6) is 11.5 Å². The molecule has 37 heavy (non-hydrogen) atoms. The summed E-state index contributed by atoms with van der Waals surface area (Å²) in [6, 6.07) is 23.9. The zero-order valence-electron chi connectivity index (χ0n) is 21.2. The lowest BCUT2D eigenvalue weighted by atomic mass is 9.87. The first-order valence-electron chi connectivity index (χ1n) is 12.6. The molecule has 0 radical (unpaired) electrons. The van der Waals surface area contributed by atoms with E-state index in [2.05, 4.69) is 44.8 Å². The summed E-state index contributed by atoms with van der Waals surface area (Å²) in [7, 11) is 3.44. The number of ether oxygens (including phenoxy) is 2. The van der Waals surface area contributed by atoms with Gasteiger partial charge in [-0.05, 0) is 42.7 Å². The van der Waals surface area contributed by atoms with E-state index in [1.807, 2.05) is 48.5 Å². The molecule has 2 amide bonds. The summed E-state index contributed by atoms with van der Waals surface area (Å²) in [5.41, 5.74) is 5.22. The Hall–Kier alpha value is -4.10. The van der Waals surface area contributed by atoms with Crippen LogP contribution in [0, 0.1) is 0 Å². The fraction of sp³-hybridized carbons (Fsp3) is 0.267. The molecule has 0 aliphatic carbocycles. The number of carbonyl (C=O) groups is 1. The second-order valence-corrected chi connectivity index (χ2v) is 9.11. The number of para-hydroxylation sites is 1. The molecule has 0 bridgehead atoms. The molecule has 2 heterocycles. The molecular formula is C30H32N4O3. The molecule has 1 aromatic heterocycles. The van der Waals surface area contributed by atoms with Crippen LogP contribution in [0.4, 0.5) is 10.5 Å². The first kappa shape index (κ1) is 24.6. The van der Waals surface area contributed by atoms with Crippen LogP contribution in [0.1, 0.15) is 22.7 Å². The van der Waals surface area contributed by atoms with Crippen LogP contribution in [-0.4, -0.2) is 49.8 Å². The standard InChI is InChI=1S/C30H32N4O3/c1-36-27-12-13-28(37-2)29-23(27)15-18-34(26(29)20-21-8-4-3-5-9-21)19-17-32-30(35)33-25-14-16-31-24-11-7-6-10-22(24)25/h3-14,16,26H,15,17-20H2,1-2H3,(H2,31,32,33,35). The maximum Gasteiger partial charge on any atom is 0.319 e. The molecule has 1 aliphatic rings. The Kier molecular flexibility index (Phi) is 7.51. The molecule has 1 aliphatic heterocycles. The number of anilines is 1. The van der Waals surface area contributed by atoms with E-state index in [9.17, 15) is 4.79 Å². The van der Waals surface area contributed by atoms with E-state index >= 15 is 0 Å². The Morgan fingerprint density at radius 1 is 0.973 bits per heavy atom. The molecule has 1 unspecified atom stereocenters. The number of methoxy groups -OCH3 is 2. The van der Waals surface area contributed by atoms with Gasteiger partial charge in [0.2, 0.25) is 0 Å². The molecule has 190 valence electrons. The van der Waals surface area contributed by atoms with Crippen molar-refractivity contribution in [2.75, 3.05) is 39.2 Å². The van der Waals surface area contributed by atoms with Gasteiger partial charge in [0.25, 0.3) is 0 Å². The molecule has 0 saturated heterocycles. The van der Waals surface area contributed by atoms with Gasteiger partial charge in [0.05, 0.1) is 25.4 Å². The normalized spacial score (nSPS) is 15.1. The van der Waals surface area contributed by atoms with Crippen LogP contribution in [0.2, 0.25) is 0 Å². The summed E-state index contributed by atoms with van der Waals surface area (Å²) in [6.45, 7) is 2.09. The van der Waals surface area contributed by atoms with E-state index in [4.69, 9.17) is 9.47 Å². The number of nitrogens with one attached hydrogen (secondary N) is 2. The monoisotopic (exact) mass is 496 g/mol. The summed E-state index contributed by atoms with van der Waals surface area (Å²) in [6.07, 6.45) is 3.40. The third-order valence-electron chi connectivity index (χ3n) is 6.99. The fourth-order valence-electron chi connectivity index (χ4n) is 5.23. The second-order valence-electron chi connectivity index (χ2n) is 9.11. The van der Waals surface area contributed by atoms with Crippen molar-refractivity contribution in [3.63, 3.8) is 0 Å². The summed E-state index contributed by atoms with van der Waals surface area (Å²) in [4.78, 5) is 19.5. The summed E-state index contributed by atoms with van der Waals surface area (Å²) < 4.78 is 11.5. The summed E-state index contributed by atoms with van der Waals surface area (Å²) in [5.74, 6) is 1.77. The molecule has 0 spiro atoms. The first-order valence-corrected chi connectivity index (χ1v) is 12.6. The molecule has 7 heteroatoms. The molecule has 4 aromatic rings. The highest BCUT2D eigenvalue weighted by Gasteiger charge is 2.32. The van der Waals surface area contributed by atoms with E-state index in [0.717, 1.165) is 47.5 Å². The predicted octanol–water partition coefficient (Wildman–Crippen LogP) is 5.22. The van der Waals surface area contributed by atoms with Crippen molar-refractivity contribution in [3.05, 3.63) is 95.7 Å². The lowest BCUT2D eigenvalue weighted by Gasteiger charge is -2.39. The van der Waals surface area contributed by atoms with Gasteiger partial charge in [-0.2, -0.15) is 0 Å². The maximum absolute atomic E-state index is 12.8. The number of hydrogen-bond acceptors (Lipinski definition) is 5. The van der Waals surface area contributed by atoms with E-state index < -0.39 is 0 Å². The smallest absolute Gasteiger partial charge is 0.319 e. The van der Waals surface area contributed by atoms with Gasteiger partial charge in [-0.1, -0.05) is 48.5 Å². The summed E-state index contributed by atoms with van der Waals surface area (Å²) >= 11 is 0. The predicted molar refractivity (Wildman–Crippen MR) is 146 cm³/mol. The van der Waals surface area contributed by atoms with E-state index in [0.29, 0.717) is 13.1 Å².